The van der Waals surface area contributed by atoms with Gasteiger partial charge in [-0.05, 0) is 82.9 Å². The number of ether oxygens (including phenoxy) is 1. The van der Waals surface area contributed by atoms with Crippen LogP contribution in [0.15, 0.2) is 6.07 Å². The zero-order valence-electron chi connectivity index (χ0n) is 24.5. The van der Waals surface area contributed by atoms with E-state index in [1.54, 1.807) is 0 Å². The highest BCUT2D eigenvalue weighted by atomic mass is 35.5. The van der Waals surface area contributed by atoms with Crippen LogP contribution in [0.3, 0.4) is 0 Å². The van der Waals surface area contributed by atoms with Crippen LogP contribution in [0.4, 0.5) is 17.6 Å². The molecule has 1 aromatic carbocycles. The van der Waals surface area contributed by atoms with Crippen molar-refractivity contribution in [2.75, 3.05) is 73.6 Å². The lowest BCUT2D eigenvalue weighted by Gasteiger charge is -2.43. The third kappa shape index (κ3) is 5.90. The van der Waals surface area contributed by atoms with E-state index in [1.165, 1.54) is 31.2 Å². The molecule has 40 heavy (non-hydrogen) atoms. The molecule has 0 bridgehead atoms. The maximum Gasteiger partial charge on any atom is 0.229 e. The minimum atomic E-state index is -0.226. The summed E-state index contributed by atoms with van der Waals surface area (Å²) in [5, 5.41) is 10.5. The molecule has 4 aliphatic rings. The Hall–Kier alpha value is -2.16. The molecule has 3 fully saturated rings. The van der Waals surface area contributed by atoms with Gasteiger partial charge in [0, 0.05) is 70.5 Å². The Kier molecular flexibility index (Phi) is 9.53. The first-order valence-electron chi connectivity index (χ1n) is 14.7. The second kappa shape index (κ2) is 12.4. The Balaban J connectivity index is 0.00000185. The first kappa shape index (κ1) is 30.8. The Labute approximate surface area is 251 Å². The van der Waals surface area contributed by atoms with E-state index >= 15 is 0 Å². The average Bonchev–Trinajstić information content (AvgIpc) is 3.66. The van der Waals surface area contributed by atoms with Crippen molar-refractivity contribution in [3.63, 3.8) is 0 Å². The number of nitrogens with zero attached hydrogens (tertiary/aromatic N) is 6. The van der Waals surface area contributed by atoms with Crippen LogP contribution in [-0.4, -0.2) is 84.5 Å². The van der Waals surface area contributed by atoms with Crippen LogP contribution in [0.2, 0.25) is 0 Å². The highest BCUT2D eigenvalue weighted by Gasteiger charge is 2.37. The van der Waals surface area contributed by atoms with E-state index in [0.717, 1.165) is 112 Å². The normalized spacial score (nSPS) is 22.9. The van der Waals surface area contributed by atoms with Crippen LogP contribution in [0.1, 0.15) is 61.3 Å². The number of fused-ring (bicyclic) bond motifs is 1. The van der Waals surface area contributed by atoms with Gasteiger partial charge in [-0.1, -0.05) is 0 Å². The van der Waals surface area contributed by atoms with Crippen molar-refractivity contribution in [1.82, 2.24) is 14.9 Å². The molecule has 1 aromatic heterocycles. The molecule has 8 nitrogen and oxygen atoms in total. The zero-order valence-corrected chi connectivity index (χ0v) is 26.2. The van der Waals surface area contributed by atoms with Crippen molar-refractivity contribution in [2.24, 2.45) is 0 Å². The van der Waals surface area contributed by atoms with Crippen LogP contribution in [-0.2, 0) is 6.42 Å². The summed E-state index contributed by atoms with van der Waals surface area (Å²) in [7, 11) is 0. The third-order valence-electron chi connectivity index (χ3n) is 9.35. The minimum Gasteiger partial charge on any atom is -0.507 e. The summed E-state index contributed by atoms with van der Waals surface area (Å²) in [5.74, 6) is 4.52. The maximum atomic E-state index is 10.5. The fraction of sp³-hybridized carbons (Fsp3) is 0.667. The van der Waals surface area contributed by atoms with Gasteiger partial charge in [0.1, 0.15) is 28.7 Å². The van der Waals surface area contributed by atoms with Gasteiger partial charge in [-0.2, -0.15) is 9.97 Å². The average molecular weight is 594 g/mol. The Morgan fingerprint density at radius 3 is 1.93 bits per heavy atom. The Morgan fingerprint density at radius 2 is 1.32 bits per heavy atom. The van der Waals surface area contributed by atoms with Gasteiger partial charge in [-0.25, -0.2) is 0 Å². The summed E-state index contributed by atoms with van der Waals surface area (Å²) in [6.07, 6.45) is 6.89. The van der Waals surface area contributed by atoms with Crippen molar-refractivity contribution in [3.05, 3.63) is 28.3 Å². The minimum absolute atomic E-state index is 0. The summed E-state index contributed by atoms with van der Waals surface area (Å²) in [6.45, 7) is 17.5. The van der Waals surface area contributed by atoms with Crippen LogP contribution in [0.5, 0.6) is 11.5 Å². The van der Waals surface area contributed by atoms with Crippen LogP contribution in [0.25, 0.3) is 0 Å². The molecule has 0 aliphatic carbocycles. The number of hydrogen-bond donors (Lipinski definition) is 1. The summed E-state index contributed by atoms with van der Waals surface area (Å²) < 4.78 is 6.73. The van der Waals surface area contributed by atoms with Gasteiger partial charge in [-0.15, -0.1) is 24.8 Å². The molecule has 1 unspecified atom stereocenters. The third-order valence-corrected chi connectivity index (χ3v) is 9.35. The predicted molar refractivity (Wildman–Crippen MR) is 168 cm³/mol. The van der Waals surface area contributed by atoms with E-state index in [4.69, 9.17) is 14.7 Å². The standard InChI is InChI=1S/C30H44N6O2.2ClH/c1-21-22(2)28-24(23(3)27(21)37)9-10-30(4,38-28)20-33-15-17-35(18-16-33)26-19-25(34-11-5-6-12-34)31-29(32-26)36-13-7-8-14-36;;/h19,37H,5-18,20H2,1-4H3;2*1H. The van der Waals surface area contributed by atoms with Gasteiger partial charge in [0.2, 0.25) is 5.95 Å². The maximum absolute atomic E-state index is 10.5. The van der Waals surface area contributed by atoms with E-state index < -0.39 is 0 Å². The number of halogens is 2. The van der Waals surface area contributed by atoms with Crippen molar-refractivity contribution >= 4 is 42.4 Å². The van der Waals surface area contributed by atoms with Crippen LogP contribution in [0, 0.1) is 20.8 Å². The van der Waals surface area contributed by atoms with E-state index in [2.05, 4.69) is 39.5 Å². The second-order valence-electron chi connectivity index (χ2n) is 12.1. The molecule has 4 aliphatic heterocycles. The van der Waals surface area contributed by atoms with E-state index in [1.807, 2.05) is 13.8 Å². The van der Waals surface area contributed by atoms with Gasteiger partial charge < -0.3 is 24.5 Å². The lowest BCUT2D eigenvalue weighted by molar-refractivity contribution is 0.0226. The highest BCUT2D eigenvalue weighted by Crippen LogP contribution is 2.43. The summed E-state index contributed by atoms with van der Waals surface area (Å²) >= 11 is 0. The molecule has 222 valence electrons. The molecule has 1 N–H and O–H groups in total. The highest BCUT2D eigenvalue weighted by molar-refractivity contribution is 5.85. The second-order valence-corrected chi connectivity index (χ2v) is 12.1. The topological polar surface area (TPSA) is 68.2 Å². The molecule has 0 amide bonds. The quantitative estimate of drug-likeness (QED) is 0.517. The van der Waals surface area contributed by atoms with Gasteiger partial charge in [0.05, 0.1) is 0 Å². The van der Waals surface area contributed by atoms with Crippen LogP contribution >= 0.6 is 24.8 Å². The summed E-state index contributed by atoms with van der Waals surface area (Å²) in [5.41, 5.74) is 3.94. The molecule has 1 atom stereocenters. The first-order valence-corrected chi connectivity index (χ1v) is 14.7. The molecule has 5 heterocycles. The lowest BCUT2D eigenvalue weighted by atomic mass is 9.87. The number of phenolic OH excluding ortho intramolecular Hbond substituents is 1. The molecular formula is C30H46Cl2N6O2. The van der Waals surface area contributed by atoms with E-state index in [0.29, 0.717) is 5.75 Å². The zero-order chi connectivity index (χ0) is 26.4. The summed E-state index contributed by atoms with van der Waals surface area (Å²) in [6, 6.07) is 2.23. The molecule has 0 spiro atoms. The number of anilines is 3. The Morgan fingerprint density at radius 1 is 0.775 bits per heavy atom. The van der Waals surface area contributed by atoms with Crippen molar-refractivity contribution < 1.29 is 9.84 Å². The number of aromatic hydroxyl groups is 1. The van der Waals surface area contributed by atoms with Crippen LogP contribution < -0.4 is 19.4 Å². The Bertz CT molecular complexity index is 1160. The fourth-order valence-electron chi connectivity index (χ4n) is 6.75. The predicted octanol–water partition coefficient (Wildman–Crippen LogP) is 5.06. The molecule has 6 rings (SSSR count). The van der Waals surface area contributed by atoms with Gasteiger partial charge in [0.15, 0.2) is 0 Å². The molecule has 3 saturated heterocycles. The number of piperazine rings is 1. The molecule has 2 aromatic rings. The fourth-order valence-corrected chi connectivity index (χ4v) is 6.75. The number of hydrogen-bond acceptors (Lipinski definition) is 8. The number of benzene rings is 1. The van der Waals surface area contributed by atoms with E-state index in [9.17, 15) is 5.11 Å². The first-order chi connectivity index (χ1) is 18.3. The van der Waals surface area contributed by atoms with Gasteiger partial charge in [0.25, 0.3) is 0 Å². The summed E-state index contributed by atoms with van der Waals surface area (Å²) in [4.78, 5) is 19.9. The molecule has 0 radical (unpaired) electrons. The van der Waals surface area contributed by atoms with Crippen molar-refractivity contribution in [2.45, 2.75) is 71.8 Å². The van der Waals surface area contributed by atoms with Crippen molar-refractivity contribution in [1.29, 1.82) is 0 Å². The van der Waals surface area contributed by atoms with E-state index in [-0.39, 0.29) is 30.4 Å². The monoisotopic (exact) mass is 592 g/mol. The largest absolute Gasteiger partial charge is 0.507 e. The van der Waals surface area contributed by atoms with Crippen molar-refractivity contribution in [3.8, 4) is 11.5 Å². The molecular weight excluding hydrogens is 547 g/mol. The lowest BCUT2D eigenvalue weighted by Crippen LogP contribution is -2.54. The molecule has 0 saturated carbocycles. The number of rotatable bonds is 5. The molecule has 10 heteroatoms. The number of phenols is 1. The van der Waals surface area contributed by atoms with Gasteiger partial charge >= 0.3 is 0 Å². The SMILES string of the molecule is Cc1c(C)c2c(c(C)c1O)CCC(C)(CN1CCN(c3cc(N4CCCC4)nc(N4CCCC4)n3)CC1)O2.Cl.Cl. The van der Waals surface area contributed by atoms with Gasteiger partial charge in [-0.3, -0.25) is 4.90 Å². The number of aromatic nitrogens is 2. The smallest absolute Gasteiger partial charge is 0.229 e.